The second kappa shape index (κ2) is 6.10. The van der Waals surface area contributed by atoms with Gasteiger partial charge in [0.25, 0.3) is 0 Å². The number of aliphatic imine (C=N–C) groups is 1. The number of carbonyl (C=O) groups is 1. The van der Waals surface area contributed by atoms with Crippen molar-refractivity contribution in [3.05, 3.63) is 64.7 Å². The smallest absolute Gasteiger partial charge is 0.242 e. The molecule has 0 saturated heterocycles. The van der Waals surface area contributed by atoms with Crippen LogP contribution in [-0.4, -0.2) is 30.9 Å². The highest BCUT2D eigenvalue weighted by Gasteiger charge is 2.62. The normalized spacial score (nSPS) is 26.0. The average Bonchev–Trinajstić information content (AvgIpc) is 3.11. The van der Waals surface area contributed by atoms with Gasteiger partial charge < -0.3 is 10.5 Å². The van der Waals surface area contributed by atoms with Crippen LogP contribution in [0.25, 0.3) is 0 Å². The topological polar surface area (TPSA) is 91.7 Å². The van der Waals surface area contributed by atoms with Gasteiger partial charge in [-0.25, -0.2) is 4.99 Å². The highest BCUT2D eigenvalue weighted by Crippen LogP contribution is 2.55. The largest absolute Gasteiger partial charge is 0.497 e. The highest BCUT2D eigenvalue weighted by atomic mass is 16.5. The number of nitrogens with zero attached hydrogens (tertiary/aromatic N) is 3. The third-order valence-corrected chi connectivity index (χ3v) is 6.28. The molecule has 1 aliphatic carbocycles. The molecule has 0 fully saturated rings. The van der Waals surface area contributed by atoms with E-state index in [4.69, 9.17) is 15.5 Å². The minimum atomic E-state index is -0.923. The fourth-order valence-corrected chi connectivity index (χ4v) is 4.71. The Hall–Kier alpha value is -3.33. The highest BCUT2D eigenvalue weighted by molar-refractivity contribution is 6.05. The van der Waals surface area contributed by atoms with Crippen LogP contribution in [0.1, 0.15) is 35.6 Å². The SMILES string of the molecule is COc1ccc2c(c1)CC[C@@]21C(=O)N(C)C(N)=N[C@]1(C)c1cccc(C#N)c1. The number of nitriles is 1. The lowest BCUT2D eigenvalue weighted by Gasteiger charge is -2.48. The van der Waals surface area contributed by atoms with E-state index in [1.165, 1.54) is 4.90 Å². The summed E-state index contributed by atoms with van der Waals surface area (Å²) in [5.41, 5.74) is 7.69. The first-order chi connectivity index (χ1) is 13.4. The van der Waals surface area contributed by atoms with Crippen LogP contribution < -0.4 is 10.5 Å². The zero-order valence-corrected chi connectivity index (χ0v) is 16.2. The van der Waals surface area contributed by atoms with E-state index in [9.17, 15) is 10.1 Å². The van der Waals surface area contributed by atoms with E-state index in [1.807, 2.05) is 37.3 Å². The first-order valence-corrected chi connectivity index (χ1v) is 9.19. The number of benzene rings is 2. The van der Waals surface area contributed by atoms with Crippen LogP contribution in [0.3, 0.4) is 0 Å². The number of nitrogens with two attached hydrogens (primary N) is 1. The summed E-state index contributed by atoms with van der Waals surface area (Å²) in [7, 11) is 3.30. The molecule has 1 spiro atoms. The molecule has 0 saturated carbocycles. The maximum Gasteiger partial charge on any atom is 0.242 e. The summed E-state index contributed by atoms with van der Waals surface area (Å²) in [5, 5.41) is 9.36. The minimum Gasteiger partial charge on any atom is -0.497 e. The number of ether oxygens (including phenoxy) is 1. The standard InChI is InChI=1S/C22H22N4O2/c1-21(16-6-4-5-14(11-16)13-23)22(19(27)26(2)20(24)25-21)10-9-15-12-17(28-3)7-8-18(15)22/h4-8,11-12H,9-10H2,1-3H3,(H2,24,25)/t21-,22+/m1/s1. The molecule has 4 rings (SSSR count). The van der Waals surface area contributed by atoms with Gasteiger partial charge in [0, 0.05) is 7.05 Å². The van der Waals surface area contributed by atoms with Crippen molar-refractivity contribution in [3.8, 4) is 11.8 Å². The monoisotopic (exact) mass is 374 g/mol. The summed E-state index contributed by atoms with van der Waals surface area (Å²) in [6.45, 7) is 1.95. The molecule has 1 heterocycles. The Labute approximate surface area is 164 Å². The molecular formula is C22H22N4O2. The average molecular weight is 374 g/mol. The first-order valence-electron chi connectivity index (χ1n) is 9.19. The number of hydrogen-bond acceptors (Lipinski definition) is 5. The van der Waals surface area contributed by atoms with E-state index < -0.39 is 11.0 Å². The maximum absolute atomic E-state index is 13.7. The van der Waals surface area contributed by atoms with Crippen molar-refractivity contribution in [3.63, 3.8) is 0 Å². The van der Waals surface area contributed by atoms with Crippen LogP contribution in [0.15, 0.2) is 47.5 Å². The van der Waals surface area contributed by atoms with Crippen LogP contribution in [-0.2, 0) is 22.2 Å². The quantitative estimate of drug-likeness (QED) is 0.874. The van der Waals surface area contributed by atoms with Crippen molar-refractivity contribution >= 4 is 11.9 Å². The van der Waals surface area contributed by atoms with E-state index in [-0.39, 0.29) is 11.9 Å². The van der Waals surface area contributed by atoms with Crippen molar-refractivity contribution in [2.75, 3.05) is 14.2 Å². The minimum absolute atomic E-state index is 0.0752. The van der Waals surface area contributed by atoms with Crippen LogP contribution >= 0.6 is 0 Å². The lowest BCUT2D eigenvalue weighted by atomic mass is 9.62. The van der Waals surface area contributed by atoms with Gasteiger partial charge in [-0.3, -0.25) is 9.69 Å². The molecule has 2 aliphatic rings. The number of likely N-dealkylation sites (N-methyl/N-ethyl adjacent to an activating group) is 1. The van der Waals surface area contributed by atoms with Gasteiger partial charge in [-0.05, 0) is 60.7 Å². The molecule has 0 radical (unpaired) electrons. The van der Waals surface area contributed by atoms with E-state index >= 15 is 0 Å². The number of hydrogen-bond donors (Lipinski definition) is 1. The van der Waals surface area contributed by atoms with Gasteiger partial charge in [0.05, 0.1) is 18.7 Å². The molecule has 0 bridgehead atoms. The summed E-state index contributed by atoms with van der Waals surface area (Å²) in [6.07, 6.45) is 1.36. The predicted molar refractivity (Wildman–Crippen MR) is 106 cm³/mol. The van der Waals surface area contributed by atoms with Crippen molar-refractivity contribution < 1.29 is 9.53 Å². The molecule has 0 aromatic heterocycles. The Bertz CT molecular complexity index is 1050. The summed E-state index contributed by atoms with van der Waals surface area (Å²) in [4.78, 5) is 20.0. The Morgan fingerprint density at radius 1 is 1.29 bits per heavy atom. The Balaban J connectivity index is 2.02. The number of carbonyl (C=O) groups excluding carboxylic acids is 1. The molecule has 2 atom stereocenters. The number of rotatable bonds is 2. The Kier molecular flexibility index (Phi) is 3.93. The van der Waals surface area contributed by atoms with Crippen molar-refractivity contribution in [1.29, 1.82) is 5.26 Å². The van der Waals surface area contributed by atoms with Crippen LogP contribution in [0.2, 0.25) is 0 Å². The molecule has 6 heteroatoms. The van der Waals surface area contributed by atoms with Gasteiger partial charge in [-0.1, -0.05) is 18.2 Å². The fraction of sp³-hybridized carbons (Fsp3) is 0.318. The first kappa shape index (κ1) is 18.1. The molecule has 6 nitrogen and oxygen atoms in total. The number of methoxy groups -OCH3 is 1. The summed E-state index contributed by atoms with van der Waals surface area (Å²) < 4.78 is 5.37. The third-order valence-electron chi connectivity index (χ3n) is 6.28. The number of aryl methyl sites for hydroxylation is 1. The number of guanidine groups is 1. The fourth-order valence-electron chi connectivity index (χ4n) is 4.71. The van der Waals surface area contributed by atoms with E-state index in [1.54, 1.807) is 26.3 Å². The van der Waals surface area contributed by atoms with Gasteiger partial charge in [-0.2, -0.15) is 5.26 Å². The van der Waals surface area contributed by atoms with Gasteiger partial charge in [-0.15, -0.1) is 0 Å². The molecule has 28 heavy (non-hydrogen) atoms. The summed E-state index contributed by atoms with van der Waals surface area (Å²) >= 11 is 0. The van der Waals surface area contributed by atoms with E-state index in [2.05, 4.69) is 6.07 Å². The molecule has 0 unspecified atom stereocenters. The van der Waals surface area contributed by atoms with Crippen molar-refractivity contribution in [1.82, 2.24) is 4.90 Å². The van der Waals surface area contributed by atoms with Crippen LogP contribution in [0, 0.1) is 11.3 Å². The second-order valence-electron chi connectivity index (χ2n) is 7.53. The van der Waals surface area contributed by atoms with Crippen molar-refractivity contribution in [2.24, 2.45) is 10.7 Å². The zero-order chi connectivity index (χ0) is 20.1. The Morgan fingerprint density at radius 3 is 2.79 bits per heavy atom. The molecule has 2 aromatic carbocycles. The van der Waals surface area contributed by atoms with Crippen LogP contribution in [0.4, 0.5) is 0 Å². The summed E-state index contributed by atoms with van der Waals surface area (Å²) in [6, 6.07) is 15.3. The molecule has 2 aromatic rings. The second-order valence-corrected chi connectivity index (χ2v) is 7.53. The van der Waals surface area contributed by atoms with Gasteiger partial charge in [0.1, 0.15) is 16.7 Å². The zero-order valence-electron chi connectivity index (χ0n) is 16.2. The van der Waals surface area contributed by atoms with Crippen molar-refractivity contribution in [2.45, 2.75) is 30.7 Å². The Morgan fingerprint density at radius 2 is 2.07 bits per heavy atom. The molecule has 2 N–H and O–H groups in total. The van der Waals surface area contributed by atoms with Gasteiger partial charge >= 0.3 is 0 Å². The van der Waals surface area contributed by atoms with E-state index in [0.717, 1.165) is 28.9 Å². The molecule has 142 valence electrons. The molecule has 1 amide bonds. The third kappa shape index (κ3) is 2.19. The van der Waals surface area contributed by atoms with E-state index in [0.29, 0.717) is 12.0 Å². The molecular weight excluding hydrogens is 352 g/mol. The number of amides is 1. The molecule has 1 aliphatic heterocycles. The summed E-state index contributed by atoms with van der Waals surface area (Å²) in [5.74, 6) is 0.875. The van der Waals surface area contributed by atoms with Crippen LogP contribution in [0.5, 0.6) is 5.75 Å². The number of fused-ring (bicyclic) bond motifs is 2. The lowest BCUT2D eigenvalue weighted by molar-refractivity contribution is -0.136. The lowest BCUT2D eigenvalue weighted by Crippen LogP contribution is -2.62. The van der Waals surface area contributed by atoms with Gasteiger partial charge in [0.2, 0.25) is 5.91 Å². The maximum atomic E-state index is 13.7. The predicted octanol–water partition coefficient (Wildman–Crippen LogP) is 2.45. The van der Waals surface area contributed by atoms with Gasteiger partial charge in [0.15, 0.2) is 5.96 Å².